The maximum absolute atomic E-state index is 12.8. The first-order chi connectivity index (χ1) is 7.82. The third-order valence-electron chi connectivity index (χ3n) is 3.43. The van der Waals surface area contributed by atoms with Gasteiger partial charge in [-0.05, 0) is 32.1 Å². The molecule has 5 heteroatoms. The fourth-order valence-electron chi connectivity index (χ4n) is 2.41. The van der Waals surface area contributed by atoms with Gasteiger partial charge in [0.1, 0.15) is 0 Å². The van der Waals surface area contributed by atoms with Crippen LogP contribution in [0.25, 0.3) is 0 Å². The number of halogens is 3. The van der Waals surface area contributed by atoms with E-state index in [4.69, 9.17) is 0 Å². The molecule has 0 N–H and O–H groups in total. The van der Waals surface area contributed by atoms with E-state index >= 15 is 0 Å². The van der Waals surface area contributed by atoms with Crippen LogP contribution in [0.3, 0.4) is 0 Å². The Hall–Kier alpha value is -1.00. The van der Waals surface area contributed by atoms with Crippen molar-refractivity contribution in [2.24, 2.45) is 0 Å². The lowest BCUT2D eigenvalue weighted by Gasteiger charge is -2.28. The Kier molecular flexibility index (Phi) is 2.96. The van der Waals surface area contributed by atoms with Crippen LogP contribution in [0.1, 0.15) is 62.0 Å². The number of hydrogen-bond acceptors (Lipinski definition) is 1. The third kappa shape index (κ3) is 2.07. The summed E-state index contributed by atoms with van der Waals surface area (Å²) >= 11 is 0. The molecule has 1 saturated carbocycles. The Labute approximate surface area is 98.8 Å². The molecular formula is C12H17F3N2. The molecule has 17 heavy (non-hydrogen) atoms. The van der Waals surface area contributed by atoms with E-state index in [0.717, 1.165) is 25.0 Å². The largest absolute Gasteiger partial charge is 0.435 e. The number of hydrogen-bond donors (Lipinski definition) is 0. The molecule has 0 saturated heterocycles. The Morgan fingerprint density at radius 1 is 1.29 bits per heavy atom. The maximum Gasteiger partial charge on any atom is 0.435 e. The molecule has 0 aliphatic heterocycles. The molecule has 0 radical (unpaired) electrons. The molecule has 1 aliphatic carbocycles. The van der Waals surface area contributed by atoms with Gasteiger partial charge in [-0.3, -0.25) is 4.68 Å². The highest BCUT2D eigenvalue weighted by molar-refractivity contribution is 5.29. The molecule has 96 valence electrons. The van der Waals surface area contributed by atoms with Gasteiger partial charge in [-0.25, -0.2) is 0 Å². The van der Waals surface area contributed by atoms with Gasteiger partial charge in [0.2, 0.25) is 0 Å². The molecule has 0 atom stereocenters. The van der Waals surface area contributed by atoms with Crippen molar-refractivity contribution < 1.29 is 13.2 Å². The smallest absolute Gasteiger partial charge is 0.265 e. The van der Waals surface area contributed by atoms with Crippen LogP contribution in [-0.2, 0) is 6.18 Å². The van der Waals surface area contributed by atoms with Crippen molar-refractivity contribution in [1.82, 2.24) is 9.78 Å². The van der Waals surface area contributed by atoms with Gasteiger partial charge in [0.15, 0.2) is 5.69 Å². The first kappa shape index (κ1) is 12.5. The van der Waals surface area contributed by atoms with Crippen LogP contribution in [0.15, 0.2) is 0 Å². The van der Waals surface area contributed by atoms with Crippen LogP contribution >= 0.6 is 0 Å². The topological polar surface area (TPSA) is 17.8 Å². The summed E-state index contributed by atoms with van der Waals surface area (Å²) in [5.41, 5.74) is 0.314. The van der Waals surface area contributed by atoms with Crippen LogP contribution in [-0.4, -0.2) is 9.78 Å². The first-order valence-electron chi connectivity index (χ1n) is 5.98. The minimum atomic E-state index is -4.34. The average molecular weight is 246 g/mol. The fourth-order valence-corrected chi connectivity index (χ4v) is 2.41. The summed E-state index contributed by atoms with van der Waals surface area (Å²) in [5.74, 6) is 0.0687. The van der Waals surface area contributed by atoms with Crippen molar-refractivity contribution >= 4 is 0 Å². The van der Waals surface area contributed by atoms with Gasteiger partial charge < -0.3 is 0 Å². The second-order valence-electron chi connectivity index (χ2n) is 5.04. The van der Waals surface area contributed by atoms with Gasteiger partial charge in [0.05, 0.1) is 6.04 Å². The van der Waals surface area contributed by atoms with Crippen molar-refractivity contribution in [2.75, 3.05) is 0 Å². The van der Waals surface area contributed by atoms with Crippen LogP contribution < -0.4 is 0 Å². The maximum atomic E-state index is 12.8. The molecule has 1 aliphatic rings. The summed E-state index contributed by atoms with van der Waals surface area (Å²) in [4.78, 5) is 0. The molecule has 2 nitrogen and oxygen atoms in total. The van der Waals surface area contributed by atoms with Crippen molar-refractivity contribution in [3.8, 4) is 0 Å². The summed E-state index contributed by atoms with van der Waals surface area (Å²) in [6, 6.07) is 0.169. The van der Waals surface area contributed by atoms with E-state index < -0.39 is 11.9 Å². The van der Waals surface area contributed by atoms with E-state index in [2.05, 4.69) is 5.10 Å². The van der Waals surface area contributed by atoms with Crippen LogP contribution in [0.2, 0.25) is 0 Å². The zero-order valence-corrected chi connectivity index (χ0v) is 10.3. The number of nitrogens with zero attached hydrogens (tertiary/aromatic N) is 2. The number of aromatic nitrogens is 2. The standard InChI is InChI=1S/C12H17F3N2/c1-7(2)10-8(3)11(12(13,14)15)16-17(10)9-5-4-6-9/h7,9H,4-6H2,1-3H3. The SMILES string of the molecule is Cc1c(C(F)(F)F)nn(C2CCC2)c1C(C)C. The lowest BCUT2D eigenvalue weighted by atomic mass is 9.92. The Morgan fingerprint density at radius 2 is 1.88 bits per heavy atom. The zero-order valence-electron chi connectivity index (χ0n) is 10.3. The zero-order chi connectivity index (χ0) is 12.8. The lowest BCUT2D eigenvalue weighted by Crippen LogP contribution is -2.21. The Balaban J connectivity index is 2.50. The molecule has 1 aromatic rings. The molecule has 0 aromatic carbocycles. The highest BCUT2D eigenvalue weighted by Gasteiger charge is 2.39. The van der Waals surface area contributed by atoms with Gasteiger partial charge in [-0.2, -0.15) is 18.3 Å². The molecule has 1 fully saturated rings. The van der Waals surface area contributed by atoms with Crippen LogP contribution in [0, 0.1) is 6.92 Å². The van der Waals surface area contributed by atoms with E-state index in [9.17, 15) is 13.2 Å². The number of alkyl halides is 3. The van der Waals surface area contributed by atoms with Gasteiger partial charge in [0.25, 0.3) is 0 Å². The molecule has 1 heterocycles. The molecule has 0 amide bonds. The number of rotatable bonds is 2. The molecule has 0 unspecified atom stereocenters. The highest BCUT2D eigenvalue weighted by Crippen LogP contribution is 2.39. The second kappa shape index (κ2) is 4.03. The predicted molar refractivity (Wildman–Crippen MR) is 58.9 cm³/mol. The van der Waals surface area contributed by atoms with Gasteiger partial charge in [0, 0.05) is 11.3 Å². The monoisotopic (exact) mass is 246 g/mol. The average Bonchev–Trinajstić information content (AvgIpc) is 2.38. The first-order valence-corrected chi connectivity index (χ1v) is 5.98. The van der Waals surface area contributed by atoms with Crippen molar-refractivity contribution in [3.63, 3.8) is 0 Å². The quantitative estimate of drug-likeness (QED) is 0.769. The summed E-state index contributed by atoms with van der Waals surface area (Å²) in [7, 11) is 0. The summed E-state index contributed by atoms with van der Waals surface area (Å²) in [6.07, 6.45) is -1.37. The normalized spacial score (nSPS) is 17.6. The van der Waals surface area contributed by atoms with E-state index in [1.807, 2.05) is 13.8 Å². The van der Waals surface area contributed by atoms with Gasteiger partial charge in [-0.1, -0.05) is 13.8 Å². The van der Waals surface area contributed by atoms with E-state index in [-0.39, 0.29) is 12.0 Å². The molecule has 2 rings (SSSR count). The van der Waals surface area contributed by atoms with E-state index in [0.29, 0.717) is 5.56 Å². The minimum absolute atomic E-state index is 0.0687. The molecule has 0 bridgehead atoms. The van der Waals surface area contributed by atoms with E-state index in [1.165, 1.54) is 6.92 Å². The molecular weight excluding hydrogens is 229 g/mol. The third-order valence-corrected chi connectivity index (χ3v) is 3.43. The Bertz CT molecular complexity index is 414. The second-order valence-corrected chi connectivity index (χ2v) is 5.04. The molecule has 1 aromatic heterocycles. The van der Waals surface area contributed by atoms with Gasteiger partial charge >= 0.3 is 6.18 Å². The predicted octanol–water partition coefficient (Wildman–Crippen LogP) is 4.06. The van der Waals surface area contributed by atoms with Crippen LogP contribution in [0.5, 0.6) is 0 Å². The summed E-state index contributed by atoms with van der Waals surface area (Å²) in [5, 5.41) is 3.82. The highest BCUT2D eigenvalue weighted by atomic mass is 19.4. The fraction of sp³-hybridized carbons (Fsp3) is 0.750. The summed E-state index contributed by atoms with van der Waals surface area (Å²) in [6.45, 7) is 5.36. The van der Waals surface area contributed by atoms with Crippen molar-refractivity contribution in [2.45, 2.75) is 58.2 Å². The van der Waals surface area contributed by atoms with E-state index in [1.54, 1.807) is 4.68 Å². The molecule has 0 spiro atoms. The lowest BCUT2D eigenvalue weighted by molar-refractivity contribution is -0.142. The van der Waals surface area contributed by atoms with Crippen LogP contribution in [0.4, 0.5) is 13.2 Å². The Morgan fingerprint density at radius 3 is 2.24 bits per heavy atom. The summed E-state index contributed by atoms with van der Waals surface area (Å²) < 4.78 is 40.1. The van der Waals surface area contributed by atoms with Crippen molar-refractivity contribution in [1.29, 1.82) is 0 Å². The van der Waals surface area contributed by atoms with Gasteiger partial charge in [-0.15, -0.1) is 0 Å². The van der Waals surface area contributed by atoms with Crippen molar-refractivity contribution in [3.05, 3.63) is 17.0 Å². The minimum Gasteiger partial charge on any atom is -0.265 e.